The van der Waals surface area contributed by atoms with E-state index in [-0.39, 0.29) is 24.1 Å². The Bertz CT molecular complexity index is 336. The number of nitrogens with zero attached hydrogens (tertiary/aromatic N) is 3. The lowest BCUT2D eigenvalue weighted by molar-refractivity contribution is -0.128. The number of hydrazine groups is 1. The minimum Gasteiger partial charge on any atom is -0.273 e. The maximum absolute atomic E-state index is 11.2. The molecule has 0 aliphatic heterocycles. The molecule has 8 nitrogen and oxygen atoms in total. The van der Waals surface area contributed by atoms with Crippen molar-refractivity contribution < 1.29 is 9.59 Å². The van der Waals surface area contributed by atoms with Crippen molar-refractivity contribution in [3.63, 3.8) is 0 Å². The molecule has 0 saturated heterocycles. The van der Waals surface area contributed by atoms with Crippen molar-refractivity contribution in [2.45, 2.75) is 32.6 Å². The summed E-state index contributed by atoms with van der Waals surface area (Å²) in [5.74, 6) is -0.310. The van der Waals surface area contributed by atoms with Crippen LogP contribution < -0.4 is 10.9 Å². The molecule has 0 unspecified atom stereocenters. The molecule has 0 aliphatic carbocycles. The predicted octanol–water partition coefficient (Wildman–Crippen LogP) is -0.920. The molecule has 0 spiro atoms. The number of unbranched alkanes of at least 4 members (excludes halogenated alkanes) is 1. The third kappa shape index (κ3) is 4.49. The van der Waals surface area contributed by atoms with Crippen LogP contribution in [-0.4, -0.2) is 32.4 Å². The molecule has 1 rings (SSSR count). The summed E-state index contributed by atoms with van der Waals surface area (Å²) >= 11 is 0. The first-order valence-electron chi connectivity index (χ1n) is 5.02. The minimum absolute atomic E-state index is 0.0233. The molecule has 88 valence electrons. The number of nitrogens with one attached hydrogen (secondary N) is 3. The van der Waals surface area contributed by atoms with Crippen molar-refractivity contribution in [2.24, 2.45) is 0 Å². The zero-order valence-corrected chi connectivity index (χ0v) is 8.99. The fourth-order valence-corrected chi connectivity index (χ4v) is 0.984. The van der Waals surface area contributed by atoms with E-state index in [4.69, 9.17) is 0 Å². The molecule has 0 bridgehead atoms. The van der Waals surface area contributed by atoms with E-state index in [1.807, 2.05) is 6.92 Å². The molecule has 1 heterocycles. The van der Waals surface area contributed by atoms with Crippen LogP contribution in [0, 0.1) is 0 Å². The highest BCUT2D eigenvalue weighted by Crippen LogP contribution is 1.92. The van der Waals surface area contributed by atoms with Crippen molar-refractivity contribution in [3.8, 4) is 0 Å². The highest BCUT2D eigenvalue weighted by atomic mass is 16.2. The van der Waals surface area contributed by atoms with Crippen LogP contribution in [-0.2, 0) is 16.0 Å². The SMILES string of the molecule is CCCCC(=O)NNC(=O)Cc1nn[nH]n1. The number of carbonyl (C=O) groups is 2. The lowest BCUT2D eigenvalue weighted by Gasteiger charge is -2.05. The van der Waals surface area contributed by atoms with E-state index in [1.165, 1.54) is 0 Å². The first-order chi connectivity index (χ1) is 7.72. The topological polar surface area (TPSA) is 113 Å². The molecule has 2 amide bonds. The fourth-order valence-electron chi connectivity index (χ4n) is 0.984. The number of H-pyrrole nitrogens is 1. The van der Waals surface area contributed by atoms with Crippen LogP contribution in [0.15, 0.2) is 0 Å². The zero-order valence-electron chi connectivity index (χ0n) is 8.99. The summed E-state index contributed by atoms with van der Waals surface area (Å²) in [7, 11) is 0. The van der Waals surface area contributed by atoms with E-state index >= 15 is 0 Å². The van der Waals surface area contributed by atoms with Crippen LogP contribution in [0.1, 0.15) is 32.0 Å². The van der Waals surface area contributed by atoms with Gasteiger partial charge in [-0.3, -0.25) is 20.4 Å². The monoisotopic (exact) mass is 226 g/mol. The van der Waals surface area contributed by atoms with Gasteiger partial charge < -0.3 is 0 Å². The Labute approximate surface area is 92.2 Å². The average molecular weight is 226 g/mol. The van der Waals surface area contributed by atoms with Gasteiger partial charge in [-0.2, -0.15) is 5.21 Å². The Balaban J connectivity index is 2.17. The van der Waals surface area contributed by atoms with E-state index in [1.54, 1.807) is 0 Å². The lowest BCUT2D eigenvalue weighted by atomic mass is 10.2. The second-order valence-electron chi connectivity index (χ2n) is 3.20. The maximum Gasteiger partial charge on any atom is 0.246 e. The second kappa shape index (κ2) is 6.49. The van der Waals surface area contributed by atoms with Gasteiger partial charge in [-0.1, -0.05) is 18.6 Å². The molecule has 3 N–H and O–H groups in total. The highest BCUT2D eigenvalue weighted by molar-refractivity contribution is 5.82. The summed E-state index contributed by atoms with van der Waals surface area (Å²) in [6, 6.07) is 0. The van der Waals surface area contributed by atoms with Crippen LogP contribution >= 0.6 is 0 Å². The van der Waals surface area contributed by atoms with Crippen LogP contribution in [0.25, 0.3) is 0 Å². The van der Waals surface area contributed by atoms with Crippen molar-refractivity contribution in [2.75, 3.05) is 0 Å². The van der Waals surface area contributed by atoms with Crippen LogP contribution in [0.3, 0.4) is 0 Å². The Morgan fingerprint density at radius 3 is 2.69 bits per heavy atom. The second-order valence-corrected chi connectivity index (χ2v) is 3.20. The molecular formula is C8H14N6O2. The first-order valence-corrected chi connectivity index (χ1v) is 5.02. The summed E-state index contributed by atoms with van der Waals surface area (Å²) in [6.45, 7) is 1.99. The smallest absolute Gasteiger partial charge is 0.246 e. The molecule has 16 heavy (non-hydrogen) atoms. The fraction of sp³-hybridized carbons (Fsp3) is 0.625. The third-order valence-electron chi connectivity index (χ3n) is 1.81. The molecule has 0 atom stereocenters. The largest absolute Gasteiger partial charge is 0.273 e. The van der Waals surface area contributed by atoms with Gasteiger partial charge in [0.2, 0.25) is 11.8 Å². The first kappa shape index (κ1) is 12.1. The van der Waals surface area contributed by atoms with Crippen molar-refractivity contribution in [1.82, 2.24) is 31.5 Å². The number of aromatic amines is 1. The summed E-state index contributed by atoms with van der Waals surface area (Å²) in [6.07, 6.45) is 2.11. The lowest BCUT2D eigenvalue weighted by Crippen LogP contribution is -2.42. The Kier molecular flexibility index (Phi) is 4.90. The van der Waals surface area contributed by atoms with Crippen molar-refractivity contribution >= 4 is 11.8 Å². The number of rotatable bonds is 5. The minimum atomic E-state index is -0.383. The number of tetrazole rings is 1. The summed E-state index contributed by atoms with van der Waals surface area (Å²) in [5, 5.41) is 12.8. The standard InChI is InChI=1S/C8H14N6O2/c1-2-3-4-7(15)11-12-8(16)5-6-9-13-14-10-6/h2-5H2,1H3,(H,11,15)(H,12,16)(H,9,10,13,14). The number of aromatic nitrogens is 4. The Morgan fingerprint density at radius 2 is 2.06 bits per heavy atom. The summed E-state index contributed by atoms with van der Waals surface area (Å²) < 4.78 is 0. The van der Waals surface area contributed by atoms with Crippen molar-refractivity contribution in [1.29, 1.82) is 0 Å². The van der Waals surface area contributed by atoms with Gasteiger partial charge in [-0.05, 0) is 6.42 Å². The van der Waals surface area contributed by atoms with E-state index in [0.717, 1.165) is 12.8 Å². The highest BCUT2D eigenvalue weighted by Gasteiger charge is 2.07. The molecule has 0 fully saturated rings. The average Bonchev–Trinajstić information content (AvgIpc) is 2.76. The van der Waals surface area contributed by atoms with Gasteiger partial charge in [0.15, 0.2) is 5.82 Å². The number of carbonyl (C=O) groups excluding carboxylic acids is 2. The van der Waals surface area contributed by atoms with Gasteiger partial charge in [0.1, 0.15) is 0 Å². The molecule has 0 aliphatic rings. The van der Waals surface area contributed by atoms with Crippen LogP contribution in [0.4, 0.5) is 0 Å². The molecule has 0 saturated carbocycles. The quantitative estimate of drug-likeness (QED) is 0.562. The van der Waals surface area contributed by atoms with Crippen LogP contribution in [0.2, 0.25) is 0 Å². The van der Waals surface area contributed by atoms with Gasteiger partial charge >= 0.3 is 0 Å². The Morgan fingerprint density at radius 1 is 1.31 bits per heavy atom. The van der Waals surface area contributed by atoms with Gasteiger partial charge in [-0.25, -0.2) is 0 Å². The molecule has 8 heteroatoms. The van der Waals surface area contributed by atoms with Crippen molar-refractivity contribution in [3.05, 3.63) is 5.82 Å². The van der Waals surface area contributed by atoms with E-state index in [2.05, 4.69) is 31.5 Å². The number of hydrogen-bond donors (Lipinski definition) is 3. The van der Waals surface area contributed by atoms with Gasteiger partial charge in [-0.15, -0.1) is 10.2 Å². The molecule has 1 aromatic heterocycles. The zero-order chi connectivity index (χ0) is 11.8. The van der Waals surface area contributed by atoms with Gasteiger partial charge in [0, 0.05) is 6.42 Å². The molecule has 1 aromatic rings. The molecule has 0 radical (unpaired) electrons. The molecular weight excluding hydrogens is 212 g/mol. The normalized spacial score (nSPS) is 9.81. The van der Waals surface area contributed by atoms with Gasteiger partial charge in [0.05, 0.1) is 6.42 Å². The van der Waals surface area contributed by atoms with E-state index < -0.39 is 0 Å². The third-order valence-corrected chi connectivity index (χ3v) is 1.81. The van der Waals surface area contributed by atoms with E-state index in [0.29, 0.717) is 6.42 Å². The maximum atomic E-state index is 11.2. The molecule has 0 aromatic carbocycles. The van der Waals surface area contributed by atoms with Gasteiger partial charge in [0.25, 0.3) is 0 Å². The number of amides is 2. The number of hydrogen-bond acceptors (Lipinski definition) is 5. The van der Waals surface area contributed by atoms with Crippen LogP contribution in [0.5, 0.6) is 0 Å². The summed E-state index contributed by atoms with van der Waals surface area (Å²) in [4.78, 5) is 22.4. The van der Waals surface area contributed by atoms with E-state index in [9.17, 15) is 9.59 Å². The Hall–Kier alpha value is -1.99. The predicted molar refractivity (Wildman–Crippen MR) is 53.7 cm³/mol. The summed E-state index contributed by atoms with van der Waals surface area (Å²) in [5.41, 5.74) is 4.57.